The highest BCUT2D eigenvalue weighted by Crippen LogP contribution is 2.34. The Kier molecular flexibility index (Phi) is 6.06. The monoisotopic (exact) mass is 429 g/mol. The molecule has 0 bridgehead atoms. The molecule has 0 saturated heterocycles. The van der Waals surface area contributed by atoms with Gasteiger partial charge in [0, 0.05) is 36.4 Å². The Morgan fingerprint density at radius 3 is 2.87 bits per heavy atom. The van der Waals surface area contributed by atoms with Gasteiger partial charge in [0.2, 0.25) is 5.43 Å². The van der Waals surface area contributed by atoms with Gasteiger partial charge in [0.25, 0.3) is 5.56 Å². The standard InChI is InChI=1S/C22H27N3O4S/c1-13(2)12-29-17-10-23-14(9-16(17)26)11-25-19(7-8-28-3)24-21-20(22(25)27)15-5-4-6-18(15)30-21/h9-10,13H,4-8,11-12H2,1-3H3,(H,23,26). The van der Waals surface area contributed by atoms with E-state index in [-0.39, 0.29) is 17.5 Å². The summed E-state index contributed by atoms with van der Waals surface area (Å²) in [7, 11) is 1.63. The number of aromatic amines is 1. The van der Waals surface area contributed by atoms with Gasteiger partial charge in [0.1, 0.15) is 10.7 Å². The van der Waals surface area contributed by atoms with E-state index in [1.807, 2.05) is 13.8 Å². The number of aryl methyl sites for hydroxylation is 2. The first-order valence-corrected chi connectivity index (χ1v) is 11.2. The molecule has 8 heteroatoms. The first-order valence-electron chi connectivity index (χ1n) is 10.3. The summed E-state index contributed by atoms with van der Waals surface area (Å²) in [6.07, 6.45) is 5.15. The fraction of sp³-hybridized carbons (Fsp3) is 0.500. The average Bonchev–Trinajstić information content (AvgIpc) is 3.28. The molecule has 30 heavy (non-hydrogen) atoms. The van der Waals surface area contributed by atoms with Crippen molar-refractivity contribution in [2.24, 2.45) is 5.92 Å². The van der Waals surface area contributed by atoms with Crippen LogP contribution in [0.2, 0.25) is 0 Å². The van der Waals surface area contributed by atoms with Crippen molar-refractivity contribution < 1.29 is 9.47 Å². The minimum Gasteiger partial charge on any atom is -0.488 e. The number of methoxy groups -OCH3 is 1. The number of nitrogens with one attached hydrogen (secondary N) is 1. The molecule has 3 heterocycles. The highest BCUT2D eigenvalue weighted by molar-refractivity contribution is 7.18. The lowest BCUT2D eigenvalue weighted by Gasteiger charge is -2.13. The molecule has 0 fully saturated rings. The normalized spacial score (nSPS) is 13.3. The van der Waals surface area contributed by atoms with E-state index in [1.54, 1.807) is 29.2 Å². The third kappa shape index (κ3) is 4.06. The molecule has 1 aliphatic rings. The first kappa shape index (κ1) is 20.8. The van der Waals surface area contributed by atoms with Crippen molar-refractivity contribution >= 4 is 21.6 Å². The largest absolute Gasteiger partial charge is 0.488 e. The molecule has 0 aliphatic heterocycles. The first-order chi connectivity index (χ1) is 14.5. The summed E-state index contributed by atoms with van der Waals surface area (Å²) >= 11 is 1.64. The summed E-state index contributed by atoms with van der Waals surface area (Å²) in [4.78, 5) is 35.9. The maximum Gasteiger partial charge on any atom is 0.262 e. The summed E-state index contributed by atoms with van der Waals surface area (Å²) in [5.41, 5.74) is 1.57. The molecule has 0 amide bonds. The van der Waals surface area contributed by atoms with Crippen LogP contribution in [0.4, 0.5) is 0 Å². The number of nitrogens with zero attached hydrogens (tertiary/aromatic N) is 2. The van der Waals surface area contributed by atoms with Crippen molar-refractivity contribution in [3.8, 4) is 5.75 Å². The van der Waals surface area contributed by atoms with Crippen LogP contribution >= 0.6 is 11.3 Å². The number of pyridine rings is 1. The molecule has 3 aromatic heterocycles. The van der Waals surface area contributed by atoms with Gasteiger partial charge in [-0.05, 0) is 30.7 Å². The smallest absolute Gasteiger partial charge is 0.262 e. The van der Waals surface area contributed by atoms with Crippen LogP contribution in [0, 0.1) is 5.92 Å². The Morgan fingerprint density at radius 1 is 1.30 bits per heavy atom. The molecule has 3 aromatic rings. The average molecular weight is 430 g/mol. The highest BCUT2D eigenvalue weighted by atomic mass is 32.1. The lowest BCUT2D eigenvalue weighted by Crippen LogP contribution is -2.27. The molecule has 1 N–H and O–H groups in total. The number of aromatic nitrogens is 3. The van der Waals surface area contributed by atoms with Crippen LogP contribution in [-0.2, 0) is 30.5 Å². The second-order valence-electron chi connectivity index (χ2n) is 8.09. The molecule has 4 rings (SSSR count). The van der Waals surface area contributed by atoms with E-state index < -0.39 is 0 Å². The number of H-pyrrole nitrogens is 1. The molecular weight excluding hydrogens is 402 g/mol. The maximum absolute atomic E-state index is 13.4. The maximum atomic E-state index is 13.4. The van der Waals surface area contributed by atoms with Gasteiger partial charge in [-0.2, -0.15) is 0 Å². The molecule has 0 atom stereocenters. The van der Waals surface area contributed by atoms with Gasteiger partial charge < -0.3 is 14.5 Å². The lowest BCUT2D eigenvalue weighted by atomic mass is 10.2. The Hall–Kier alpha value is -2.45. The Bertz CT molecular complexity index is 1180. The molecule has 0 spiro atoms. The van der Waals surface area contributed by atoms with Crippen LogP contribution in [0.1, 0.15) is 42.2 Å². The van der Waals surface area contributed by atoms with E-state index in [4.69, 9.17) is 14.5 Å². The second-order valence-corrected chi connectivity index (χ2v) is 9.17. The van der Waals surface area contributed by atoms with E-state index in [0.717, 1.165) is 35.0 Å². The zero-order valence-electron chi connectivity index (χ0n) is 17.6. The zero-order valence-corrected chi connectivity index (χ0v) is 18.4. The zero-order chi connectivity index (χ0) is 21.3. The van der Waals surface area contributed by atoms with E-state index in [2.05, 4.69) is 4.98 Å². The lowest BCUT2D eigenvalue weighted by molar-refractivity contribution is 0.199. The van der Waals surface area contributed by atoms with E-state index in [9.17, 15) is 9.59 Å². The third-order valence-corrected chi connectivity index (χ3v) is 6.46. The van der Waals surface area contributed by atoms with E-state index in [0.29, 0.717) is 42.8 Å². The molecule has 0 aromatic carbocycles. The molecule has 160 valence electrons. The molecule has 0 radical (unpaired) electrons. The summed E-state index contributed by atoms with van der Waals surface area (Å²) in [6, 6.07) is 1.50. The van der Waals surface area contributed by atoms with Crippen molar-refractivity contribution in [1.82, 2.24) is 14.5 Å². The molecule has 1 aliphatic carbocycles. The Morgan fingerprint density at radius 2 is 2.13 bits per heavy atom. The van der Waals surface area contributed by atoms with Gasteiger partial charge in [0.05, 0.1) is 25.1 Å². The highest BCUT2D eigenvalue weighted by Gasteiger charge is 2.23. The van der Waals surface area contributed by atoms with Crippen molar-refractivity contribution in [2.45, 2.75) is 46.1 Å². The number of fused-ring (bicyclic) bond motifs is 3. The third-order valence-electron chi connectivity index (χ3n) is 5.27. The predicted octanol–water partition coefficient (Wildman–Crippen LogP) is 2.91. The van der Waals surface area contributed by atoms with Gasteiger partial charge in [-0.15, -0.1) is 11.3 Å². The summed E-state index contributed by atoms with van der Waals surface area (Å²) in [5, 5.41) is 0.743. The fourth-order valence-electron chi connectivity index (χ4n) is 3.80. The van der Waals surface area contributed by atoms with E-state index >= 15 is 0 Å². The molecular formula is C22H27N3O4S. The van der Waals surface area contributed by atoms with Crippen LogP contribution < -0.4 is 15.7 Å². The van der Waals surface area contributed by atoms with Crippen molar-refractivity contribution in [1.29, 1.82) is 0 Å². The van der Waals surface area contributed by atoms with Gasteiger partial charge in [0.15, 0.2) is 5.75 Å². The Balaban J connectivity index is 1.72. The van der Waals surface area contributed by atoms with Crippen LogP contribution in [0.25, 0.3) is 10.2 Å². The van der Waals surface area contributed by atoms with Crippen LogP contribution in [-0.4, -0.2) is 34.9 Å². The second kappa shape index (κ2) is 8.73. The van der Waals surface area contributed by atoms with E-state index in [1.165, 1.54) is 10.9 Å². The number of ether oxygens (including phenoxy) is 2. The quantitative estimate of drug-likeness (QED) is 0.595. The number of hydrogen-bond donors (Lipinski definition) is 1. The molecule has 0 unspecified atom stereocenters. The Labute approximate surface area is 178 Å². The van der Waals surface area contributed by atoms with Gasteiger partial charge >= 0.3 is 0 Å². The van der Waals surface area contributed by atoms with Crippen LogP contribution in [0.15, 0.2) is 21.9 Å². The van der Waals surface area contributed by atoms with Gasteiger partial charge in [-0.25, -0.2) is 4.98 Å². The molecule has 0 saturated carbocycles. The van der Waals surface area contributed by atoms with Crippen molar-refractivity contribution in [2.75, 3.05) is 20.3 Å². The minimum atomic E-state index is -0.193. The van der Waals surface area contributed by atoms with Gasteiger partial charge in [-0.1, -0.05) is 13.8 Å². The number of thiophene rings is 1. The minimum absolute atomic E-state index is 0.0357. The van der Waals surface area contributed by atoms with Crippen LogP contribution in [0.3, 0.4) is 0 Å². The van der Waals surface area contributed by atoms with Crippen molar-refractivity contribution in [3.63, 3.8) is 0 Å². The fourth-order valence-corrected chi connectivity index (χ4v) is 5.07. The van der Waals surface area contributed by atoms with Gasteiger partial charge in [-0.3, -0.25) is 14.2 Å². The predicted molar refractivity (Wildman–Crippen MR) is 118 cm³/mol. The summed E-state index contributed by atoms with van der Waals surface area (Å²) in [5.74, 6) is 1.30. The SMILES string of the molecule is COCCc1nc2sc3c(c2c(=O)n1Cc1cc(=O)c(OCC(C)C)c[nH]1)CCC3. The summed E-state index contributed by atoms with van der Waals surface area (Å²) < 4.78 is 12.5. The number of hydrogen-bond acceptors (Lipinski definition) is 6. The summed E-state index contributed by atoms with van der Waals surface area (Å²) in [6.45, 7) is 5.27. The number of rotatable bonds is 8. The molecule has 7 nitrogen and oxygen atoms in total. The van der Waals surface area contributed by atoms with Crippen molar-refractivity contribution in [3.05, 3.63) is 54.8 Å². The van der Waals surface area contributed by atoms with Crippen LogP contribution in [0.5, 0.6) is 5.75 Å². The topological polar surface area (TPSA) is 86.2 Å².